The second kappa shape index (κ2) is 6.96. The van der Waals surface area contributed by atoms with Gasteiger partial charge in [0.2, 0.25) is 5.95 Å². The van der Waals surface area contributed by atoms with Crippen molar-refractivity contribution in [2.45, 2.75) is 45.2 Å². The molecule has 3 heterocycles. The third-order valence-corrected chi connectivity index (χ3v) is 6.07. The van der Waals surface area contributed by atoms with Crippen LogP contribution in [0, 0.1) is 0 Å². The highest BCUT2D eigenvalue weighted by Crippen LogP contribution is 2.41. The van der Waals surface area contributed by atoms with E-state index in [0.29, 0.717) is 23.2 Å². The Hall–Kier alpha value is -2.27. The third kappa shape index (κ3) is 3.22. The third-order valence-electron chi connectivity index (χ3n) is 5.86. The smallest absolute Gasteiger partial charge is 0.226 e. The Morgan fingerprint density at radius 2 is 1.89 bits per heavy atom. The van der Waals surface area contributed by atoms with Gasteiger partial charge in [-0.05, 0) is 30.0 Å². The van der Waals surface area contributed by atoms with Gasteiger partial charge in [0.25, 0.3) is 0 Å². The van der Waals surface area contributed by atoms with Crippen LogP contribution >= 0.6 is 11.6 Å². The Labute approximate surface area is 172 Å². The van der Waals surface area contributed by atoms with Gasteiger partial charge in [-0.2, -0.15) is 0 Å². The molecule has 5 nitrogen and oxygen atoms in total. The summed E-state index contributed by atoms with van der Waals surface area (Å²) in [5, 5.41) is 0.483. The minimum atomic E-state index is 0.0698. The van der Waals surface area contributed by atoms with Crippen LogP contribution in [-0.4, -0.2) is 46.6 Å². The summed E-state index contributed by atoms with van der Waals surface area (Å²) in [7, 11) is 0. The van der Waals surface area contributed by atoms with E-state index in [1.807, 2.05) is 0 Å². The molecule has 6 heteroatoms. The topological polar surface area (TPSA) is 35.5 Å². The molecule has 2 aliphatic rings. The maximum Gasteiger partial charge on any atom is 0.226 e. The Balaban J connectivity index is 1.64. The number of hydrogen-bond donors (Lipinski definition) is 0. The largest absolute Gasteiger partial charge is 0.350 e. The van der Waals surface area contributed by atoms with Gasteiger partial charge in [0.05, 0.1) is 12.1 Å². The van der Waals surface area contributed by atoms with Gasteiger partial charge >= 0.3 is 0 Å². The molecule has 0 saturated carbocycles. The first-order valence-corrected chi connectivity index (χ1v) is 10.2. The summed E-state index contributed by atoms with van der Waals surface area (Å²) in [5.74, 6) is 1.79. The molecule has 0 aliphatic carbocycles. The van der Waals surface area contributed by atoms with Gasteiger partial charge < -0.3 is 14.7 Å². The molecule has 0 spiro atoms. The van der Waals surface area contributed by atoms with Crippen molar-refractivity contribution >= 4 is 23.2 Å². The van der Waals surface area contributed by atoms with Gasteiger partial charge in [0, 0.05) is 31.5 Å². The fourth-order valence-corrected chi connectivity index (χ4v) is 4.56. The van der Waals surface area contributed by atoms with Gasteiger partial charge in [0.1, 0.15) is 11.0 Å². The van der Waals surface area contributed by atoms with Crippen molar-refractivity contribution in [2.24, 2.45) is 0 Å². The predicted molar refractivity (Wildman–Crippen MR) is 116 cm³/mol. The average Bonchev–Trinajstić information content (AvgIpc) is 2.91. The summed E-state index contributed by atoms with van der Waals surface area (Å²) in [6, 6.07) is 11.0. The monoisotopic (exact) mass is 397 g/mol. The molecule has 2 fully saturated rings. The molecule has 1 aromatic heterocycles. The molecule has 2 saturated heterocycles. The minimum Gasteiger partial charge on any atom is -0.350 e. The maximum atomic E-state index is 6.08. The zero-order valence-electron chi connectivity index (χ0n) is 17.1. The molecule has 2 aromatic rings. The summed E-state index contributed by atoms with van der Waals surface area (Å²) in [4.78, 5) is 15.9. The minimum absolute atomic E-state index is 0.0698. The lowest BCUT2D eigenvalue weighted by molar-refractivity contribution is 0.255. The summed E-state index contributed by atoms with van der Waals surface area (Å²) in [5.41, 5.74) is 2.67. The number of nitrogens with zero attached hydrogens (tertiary/aromatic N) is 5. The van der Waals surface area contributed by atoms with Gasteiger partial charge in [-0.25, -0.2) is 9.97 Å². The van der Waals surface area contributed by atoms with Crippen molar-refractivity contribution < 1.29 is 0 Å². The summed E-state index contributed by atoms with van der Waals surface area (Å²) in [6.07, 6.45) is 1.72. The normalized spacial score (nSPS) is 22.6. The van der Waals surface area contributed by atoms with E-state index in [1.54, 1.807) is 12.3 Å². The van der Waals surface area contributed by atoms with Crippen molar-refractivity contribution in [3.63, 3.8) is 0 Å². The predicted octanol–water partition coefficient (Wildman–Crippen LogP) is 4.30. The average molecular weight is 398 g/mol. The number of rotatable bonds is 2. The van der Waals surface area contributed by atoms with Crippen molar-refractivity contribution in [3.8, 4) is 0 Å². The highest BCUT2D eigenvalue weighted by Gasteiger charge is 2.44. The van der Waals surface area contributed by atoms with Crippen molar-refractivity contribution in [3.05, 3.63) is 59.6 Å². The Morgan fingerprint density at radius 3 is 2.61 bits per heavy atom. The number of aromatic nitrogens is 2. The summed E-state index contributed by atoms with van der Waals surface area (Å²) >= 11 is 6.08. The highest BCUT2D eigenvalue weighted by atomic mass is 35.5. The molecule has 148 valence electrons. The zero-order chi connectivity index (χ0) is 20.1. The fraction of sp³-hybridized carbons (Fsp3) is 0.455. The van der Waals surface area contributed by atoms with Crippen LogP contribution < -0.4 is 9.80 Å². The number of hydrogen-bond acceptors (Lipinski definition) is 5. The van der Waals surface area contributed by atoms with E-state index in [4.69, 9.17) is 11.6 Å². The zero-order valence-corrected chi connectivity index (χ0v) is 17.8. The quantitative estimate of drug-likeness (QED) is 0.706. The highest BCUT2D eigenvalue weighted by molar-refractivity contribution is 6.29. The molecule has 0 amide bonds. The second-order valence-corrected chi connectivity index (χ2v) is 9.07. The SMILES string of the molecule is C=C1N2CCN(c3nccc(Cl)n3)CC2C(C)N1c1ccccc1C(C)(C)C. The van der Waals surface area contributed by atoms with Gasteiger partial charge in [-0.1, -0.05) is 57.2 Å². The first kappa shape index (κ1) is 19.1. The Morgan fingerprint density at radius 1 is 1.14 bits per heavy atom. The standard InChI is InChI=1S/C22H28ClN5/c1-15-19-14-26(21-24-11-10-20(23)25-21)12-13-27(19)16(2)28(15)18-9-7-6-8-17(18)22(3,4)5/h6-11,15,19H,2,12-14H2,1,3-5H3. The van der Waals surface area contributed by atoms with Gasteiger partial charge in [-0.3, -0.25) is 0 Å². The summed E-state index contributed by atoms with van der Waals surface area (Å²) < 4.78 is 0. The van der Waals surface area contributed by atoms with Crippen molar-refractivity contribution in [1.82, 2.24) is 14.9 Å². The van der Waals surface area contributed by atoms with E-state index in [0.717, 1.165) is 25.5 Å². The maximum absolute atomic E-state index is 6.08. The van der Waals surface area contributed by atoms with E-state index < -0.39 is 0 Å². The van der Waals surface area contributed by atoms with Crippen molar-refractivity contribution in [1.29, 1.82) is 0 Å². The number of fused-ring (bicyclic) bond motifs is 1. The molecule has 0 radical (unpaired) electrons. The van der Waals surface area contributed by atoms with Crippen LogP contribution in [0.4, 0.5) is 11.6 Å². The number of para-hydroxylation sites is 1. The van der Waals surface area contributed by atoms with Crippen LogP contribution in [0.15, 0.2) is 48.9 Å². The molecular weight excluding hydrogens is 370 g/mol. The van der Waals surface area contributed by atoms with E-state index in [2.05, 4.69) is 83.2 Å². The van der Waals surface area contributed by atoms with Gasteiger partial charge in [0.15, 0.2) is 0 Å². The second-order valence-electron chi connectivity index (χ2n) is 8.68. The number of halogens is 1. The van der Waals surface area contributed by atoms with E-state index in [-0.39, 0.29) is 5.41 Å². The molecule has 2 atom stereocenters. The molecule has 0 N–H and O–H groups in total. The lowest BCUT2D eigenvalue weighted by atomic mass is 9.85. The van der Waals surface area contributed by atoms with E-state index >= 15 is 0 Å². The first-order chi connectivity index (χ1) is 13.3. The van der Waals surface area contributed by atoms with Crippen LogP contribution in [0.2, 0.25) is 5.15 Å². The first-order valence-electron chi connectivity index (χ1n) is 9.85. The summed E-state index contributed by atoms with van der Waals surface area (Å²) in [6.45, 7) is 16.2. The van der Waals surface area contributed by atoms with Crippen LogP contribution in [-0.2, 0) is 5.41 Å². The lowest BCUT2D eigenvalue weighted by Gasteiger charge is -2.38. The van der Waals surface area contributed by atoms with Crippen LogP contribution in [0.1, 0.15) is 33.3 Å². The van der Waals surface area contributed by atoms with E-state index in [1.165, 1.54) is 11.3 Å². The molecule has 2 unspecified atom stereocenters. The molecule has 2 aliphatic heterocycles. The number of anilines is 2. The molecule has 4 rings (SSSR count). The Kier molecular flexibility index (Phi) is 4.74. The number of piperazine rings is 1. The van der Waals surface area contributed by atoms with Crippen LogP contribution in [0.25, 0.3) is 0 Å². The van der Waals surface area contributed by atoms with Crippen LogP contribution in [0.3, 0.4) is 0 Å². The van der Waals surface area contributed by atoms with E-state index in [9.17, 15) is 0 Å². The van der Waals surface area contributed by atoms with Crippen molar-refractivity contribution in [2.75, 3.05) is 29.4 Å². The molecular formula is C22H28ClN5. The molecule has 28 heavy (non-hydrogen) atoms. The Bertz CT molecular complexity index is 890. The van der Waals surface area contributed by atoms with Crippen LogP contribution in [0.5, 0.6) is 0 Å². The molecule has 0 bridgehead atoms. The lowest BCUT2D eigenvalue weighted by Crippen LogP contribution is -2.53. The molecule has 1 aromatic carbocycles. The van der Waals surface area contributed by atoms with Gasteiger partial charge in [-0.15, -0.1) is 0 Å². The number of benzene rings is 1. The fourth-order valence-electron chi connectivity index (χ4n) is 4.43.